The van der Waals surface area contributed by atoms with E-state index in [0.717, 1.165) is 17.7 Å². The molecule has 0 radical (unpaired) electrons. The third-order valence-electron chi connectivity index (χ3n) is 5.59. The maximum absolute atomic E-state index is 13.3. The number of fused-ring (bicyclic) bond motifs is 1. The van der Waals surface area contributed by atoms with E-state index in [9.17, 15) is 14.4 Å². The summed E-state index contributed by atoms with van der Waals surface area (Å²) in [5.41, 5.74) is 4.11. The van der Waals surface area contributed by atoms with Crippen LogP contribution in [0, 0.1) is 0 Å². The number of rotatable bonds is 6. The number of amides is 3. The predicted octanol–water partition coefficient (Wildman–Crippen LogP) is 4.24. The van der Waals surface area contributed by atoms with Crippen molar-refractivity contribution in [3.8, 4) is 11.3 Å². The summed E-state index contributed by atoms with van der Waals surface area (Å²) in [6.45, 7) is 4.35. The number of ketones is 1. The van der Waals surface area contributed by atoms with Crippen molar-refractivity contribution in [2.24, 2.45) is 0 Å². The molecule has 9 nitrogen and oxygen atoms in total. The first-order valence-corrected chi connectivity index (χ1v) is 11.2. The van der Waals surface area contributed by atoms with Gasteiger partial charge in [-0.25, -0.2) is 9.78 Å². The number of pyridine rings is 1. The highest BCUT2D eigenvalue weighted by Gasteiger charge is 2.33. The summed E-state index contributed by atoms with van der Waals surface area (Å²) in [5.74, 6) is 0.0442. The largest absolute Gasteiger partial charge is 0.355 e. The Morgan fingerprint density at radius 3 is 2.65 bits per heavy atom. The van der Waals surface area contributed by atoms with Gasteiger partial charge in [0, 0.05) is 43.7 Å². The number of aromatic nitrogens is 2. The summed E-state index contributed by atoms with van der Waals surface area (Å²) in [7, 11) is 1.74. The van der Waals surface area contributed by atoms with Gasteiger partial charge in [0.05, 0.1) is 30.0 Å². The fraction of sp³-hybridized carbons (Fsp3) is 0.280. The number of aromatic amines is 1. The topological polar surface area (TPSA) is 110 Å². The van der Waals surface area contributed by atoms with Gasteiger partial charge in [0.2, 0.25) is 5.91 Å². The van der Waals surface area contributed by atoms with Crippen molar-refractivity contribution in [1.29, 1.82) is 0 Å². The van der Waals surface area contributed by atoms with Crippen molar-refractivity contribution in [1.82, 2.24) is 19.8 Å². The zero-order chi connectivity index (χ0) is 24.2. The van der Waals surface area contributed by atoms with E-state index in [1.54, 1.807) is 35.2 Å². The van der Waals surface area contributed by atoms with Crippen LogP contribution in [0.25, 0.3) is 11.3 Å². The van der Waals surface area contributed by atoms with Crippen LogP contribution < -0.4 is 10.6 Å². The van der Waals surface area contributed by atoms with E-state index in [0.29, 0.717) is 41.5 Å². The first-order chi connectivity index (χ1) is 16.4. The van der Waals surface area contributed by atoms with Crippen molar-refractivity contribution in [3.05, 3.63) is 59.9 Å². The Balaban J connectivity index is 1.77. The lowest BCUT2D eigenvalue weighted by molar-refractivity contribution is -0.114. The third-order valence-corrected chi connectivity index (χ3v) is 5.59. The van der Waals surface area contributed by atoms with Gasteiger partial charge in [0.1, 0.15) is 5.82 Å². The predicted molar refractivity (Wildman–Crippen MR) is 131 cm³/mol. The normalized spacial score (nSPS) is 12.8. The van der Waals surface area contributed by atoms with E-state index in [2.05, 4.69) is 20.6 Å². The van der Waals surface area contributed by atoms with Crippen molar-refractivity contribution in [2.75, 3.05) is 30.8 Å². The van der Waals surface area contributed by atoms with E-state index in [-0.39, 0.29) is 24.3 Å². The quantitative estimate of drug-likeness (QED) is 0.510. The van der Waals surface area contributed by atoms with E-state index >= 15 is 0 Å². The Hall–Kier alpha value is -4.14. The second-order valence-corrected chi connectivity index (χ2v) is 8.31. The first-order valence-electron chi connectivity index (χ1n) is 11.2. The van der Waals surface area contributed by atoms with Gasteiger partial charge in [-0.1, -0.05) is 25.1 Å². The van der Waals surface area contributed by atoms with Crippen LogP contribution in [0.15, 0.2) is 48.7 Å². The number of hydrogen-bond donors (Lipinski definition) is 3. The van der Waals surface area contributed by atoms with Crippen LogP contribution >= 0.6 is 0 Å². The Bertz CT molecular complexity index is 1220. The second-order valence-electron chi connectivity index (χ2n) is 8.31. The highest BCUT2D eigenvalue weighted by Crippen LogP contribution is 2.38. The first kappa shape index (κ1) is 23.0. The lowest BCUT2D eigenvalue weighted by Gasteiger charge is -2.30. The number of carbonyl (C=O) groups excluding carboxylic acids is 3. The highest BCUT2D eigenvalue weighted by molar-refractivity contribution is 6.09. The molecule has 3 N–H and O–H groups in total. The summed E-state index contributed by atoms with van der Waals surface area (Å²) in [6.07, 6.45) is 2.44. The summed E-state index contributed by atoms with van der Waals surface area (Å²) >= 11 is 0. The van der Waals surface area contributed by atoms with Crippen LogP contribution in [0.2, 0.25) is 0 Å². The minimum atomic E-state index is -0.224. The Morgan fingerprint density at radius 2 is 1.94 bits per heavy atom. The Kier molecular flexibility index (Phi) is 6.62. The van der Waals surface area contributed by atoms with Crippen LogP contribution in [0.1, 0.15) is 36.3 Å². The average Bonchev–Trinajstić information content (AvgIpc) is 3.18. The van der Waals surface area contributed by atoms with E-state index in [1.165, 1.54) is 6.92 Å². The van der Waals surface area contributed by atoms with Gasteiger partial charge in [-0.05, 0) is 30.7 Å². The molecule has 0 saturated heterocycles. The van der Waals surface area contributed by atoms with Crippen molar-refractivity contribution in [3.63, 3.8) is 0 Å². The molecule has 0 bridgehead atoms. The number of hydrogen-bond acceptors (Lipinski definition) is 5. The average molecular weight is 461 g/mol. The molecule has 1 aliphatic heterocycles. The molecule has 34 heavy (non-hydrogen) atoms. The molecular weight excluding hydrogens is 432 g/mol. The van der Waals surface area contributed by atoms with Gasteiger partial charge in [-0.15, -0.1) is 0 Å². The molecule has 1 aliphatic rings. The molecule has 0 spiro atoms. The van der Waals surface area contributed by atoms with Crippen LogP contribution in [-0.4, -0.2) is 57.6 Å². The third kappa shape index (κ3) is 4.78. The SMILES string of the molecule is CCCN(C)C(=O)N1CC(=O)c2c([nH]c(-c3ccnc(NC(C)=O)c3)c2Nc2ccccc2)C1. The van der Waals surface area contributed by atoms with E-state index < -0.39 is 0 Å². The number of anilines is 3. The van der Waals surface area contributed by atoms with Crippen LogP contribution in [0.4, 0.5) is 22.0 Å². The van der Waals surface area contributed by atoms with Gasteiger partial charge in [-0.2, -0.15) is 0 Å². The molecule has 0 aliphatic carbocycles. The number of Topliss-reactive ketones (excluding diaryl/α,β-unsaturated/α-hetero) is 1. The molecule has 4 rings (SSSR count). The molecule has 3 amide bonds. The maximum Gasteiger partial charge on any atom is 0.320 e. The molecule has 0 saturated carbocycles. The lowest BCUT2D eigenvalue weighted by atomic mass is 10.0. The molecule has 176 valence electrons. The summed E-state index contributed by atoms with van der Waals surface area (Å²) in [4.78, 5) is 48.4. The van der Waals surface area contributed by atoms with Crippen LogP contribution in [0.5, 0.6) is 0 Å². The summed E-state index contributed by atoms with van der Waals surface area (Å²) < 4.78 is 0. The molecule has 3 aromatic rings. The minimum absolute atomic E-state index is 0.00807. The Labute approximate surface area is 198 Å². The van der Waals surface area contributed by atoms with Gasteiger partial charge >= 0.3 is 6.03 Å². The second kappa shape index (κ2) is 9.78. The van der Waals surface area contributed by atoms with Crippen molar-refractivity contribution >= 4 is 34.9 Å². The van der Waals surface area contributed by atoms with E-state index in [4.69, 9.17) is 0 Å². The molecule has 0 atom stereocenters. The van der Waals surface area contributed by atoms with Gasteiger partial charge in [-0.3, -0.25) is 9.59 Å². The summed E-state index contributed by atoms with van der Waals surface area (Å²) in [5, 5.41) is 6.07. The zero-order valence-corrected chi connectivity index (χ0v) is 19.5. The molecule has 3 heterocycles. The Morgan fingerprint density at radius 1 is 1.18 bits per heavy atom. The molecule has 9 heteroatoms. The number of carbonyl (C=O) groups is 3. The maximum atomic E-state index is 13.3. The fourth-order valence-electron chi connectivity index (χ4n) is 4.13. The van der Waals surface area contributed by atoms with Crippen molar-refractivity contribution in [2.45, 2.75) is 26.8 Å². The van der Waals surface area contributed by atoms with Gasteiger partial charge < -0.3 is 25.4 Å². The van der Waals surface area contributed by atoms with Gasteiger partial charge in [0.15, 0.2) is 5.78 Å². The lowest BCUT2D eigenvalue weighted by Crippen LogP contribution is -2.45. The molecular formula is C25H28N6O3. The smallest absolute Gasteiger partial charge is 0.320 e. The number of urea groups is 1. The van der Waals surface area contributed by atoms with E-state index in [1.807, 2.05) is 37.3 Å². The fourth-order valence-corrected chi connectivity index (χ4v) is 4.13. The standard InChI is InChI=1S/C25H28N6O3/c1-4-12-30(3)25(34)31-14-19-22(20(33)15-31)24(28-18-8-6-5-7-9-18)23(29-19)17-10-11-26-21(13-17)27-16(2)32/h5-11,13,28-29H,4,12,14-15H2,1-3H3,(H,26,27,32). The van der Waals surface area contributed by atoms with Crippen LogP contribution in [0.3, 0.4) is 0 Å². The highest BCUT2D eigenvalue weighted by atomic mass is 16.2. The zero-order valence-electron chi connectivity index (χ0n) is 19.5. The number of nitrogens with zero attached hydrogens (tertiary/aromatic N) is 3. The molecule has 0 unspecified atom stereocenters. The van der Waals surface area contributed by atoms with Gasteiger partial charge in [0.25, 0.3) is 0 Å². The molecule has 0 fully saturated rings. The summed E-state index contributed by atoms with van der Waals surface area (Å²) in [6, 6.07) is 13.0. The number of nitrogens with one attached hydrogen (secondary N) is 3. The number of benzene rings is 1. The molecule has 2 aromatic heterocycles. The number of H-pyrrole nitrogens is 1. The monoisotopic (exact) mass is 460 g/mol. The minimum Gasteiger partial charge on any atom is -0.355 e. The van der Waals surface area contributed by atoms with Crippen molar-refractivity contribution < 1.29 is 14.4 Å². The molecule has 1 aromatic carbocycles. The van der Waals surface area contributed by atoms with Crippen LogP contribution in [-0.2, 0) is 11.3 Å². The number of para-hydroxylation sites is 1.